The molecule has 0 atom stereocenters. The summed E-state index contributed by atoms with van der Waals surface area (Å²) in [7, 11) is -4.04. The van der Waals surface area contributed by atoms with Crippen LogP contribution < -0.4 is 4.72 Å². The molecule has 0 spiro atoms. The van der Waals surface area contributed by atoms with Crippen molar-refractivity contribution in [3.05, 3.63) is 62.9 Å². The lowest BCUT2D eigenvalue weighted by atomic mass is 10.3. The molecule has 2 rings (SSSR count). The van der Waals surface area contributed by atoms with Crippen LogP contribution in [-0.4, -0.2) is 13.3 Å². The number of anilines is 1. The topological polar surface area (TPSA) is 89.3 Å². The van der Waals surface area contributed by atoms with E-state index in [2.05, 4.69) is 15.9 Å². The summed E-state index contributed by atoms with van der Waals surface area (Å²) in [6.45, 7) is 0. The molecular weight excluding hydrogens is 367 g/mol. The van der Waals surface area contributed by atoms with E-state index in [9.17, 15) is 22.9 Å². The third-order valence-electron chi connectivity index (χ3n) is 2.51. The van der Waals surface area contributed by atoms with Gasteiger partial charge in [0.15, 0.2) is 0 Å². The minimum atomic E-state index is -4.04. The molecule has 2 aromatic carbocycles. The normalized spacial score (nSPS) is 11.1. The molecule has 0 aliphatic heterocycles. The molecule has 0 fully saturated rings. The first-order valence-corrected chi connectivity index (χ1v) is 7.79. The van der Waals surface area contributed by atoms with Crippen LogP contribution in [0, 0.1) is 15.9 Å². The lowest BCUT2D eigenvalue weighted by Crippen LogP contribution is -2.14. The van der Waals surface area contributed by atoms with Crippen molar-refractivity contribution < 1.29 is 17.7 Å². The molecular formula is C12H8BrFN2O4S. The Labute approximate surface area is 127 Å². The van der Waals surface area contributed by atoms with E-state index in [0.717, 1.165) is 18.2 Å². The van der Waals surface area contributed by atoms with Crippen LogP contribution in [0.3, 0.4) is 0 Å². The SMILES string of the molecule is O=[N+]([O-])c1ccc(F)c(NS(=O)(=O)c2cccc(Br)c2)c1. The van der Waals surface area contributed by atoms with Crippen LogP contribution in [0.15, 0.2) is 51.8 Å². The zero-order chi connectivity index (χ0) is 15.6. The first kappa shape index (κ1) is 15.4. The minimum absolute atomic E-state index is 0.0946. The fourth-order valence-corrected chi connectivity index (χ4v) is 3.20. The fraction of sp³-hybridized carbons (Fsp3) is 0. The van der Waals surface area contributed by atoms with Gasteiger partial charge in [-0.3, -0.25) is 14.8 Å². The van der Waals surface area contributed by atoms with Gasteiger partial charge in [-0.15, -0.1) is 0 Å². The highest BCUT2D eigenvalue weighted by Crippen LogP contribution is 2.25. The second-order valence-corrected chi connectivity index (χ2v) is 6.58. The Morgan fingerprint density at radius 2 is 1.90 bits per heavy atom. The molecule has 0 radical (unpaired) electrons. The minimum Gasteiger partial charge on any atom is -0.276 e. The largest absolute Gasteiger partial charge is 0.276 e. The molecule has 0 saturated heterocycles. The molecule has 9 heteroatoms. The Kier molecular flexibility index (Phi) is 4.24. The van der Waals surface area contributed by atoms with E-state index in [0.29, 0.717) is 4.47 Å². The van der Waals surface area contributed by atoms with Crippen molar-refractivity contribution >= 4 is 37.3 Å². The van der Waals surface area contributed by atoms with Crippen molar-refractivity contribution in [2.24, 2.45) is 0 Å². The third kappa shape index (κ3) is 3.56. The Hall–Kier alpha value is -2.00. The van der Waals surface area contributed by atoms with E-state index in [-0.39, 0.29) is 4.90 Å². The Balaban J connectivity index is 2.41. The molecule has 0 aliphatic rings. The number of benzene rings is 2. The van der Waals surface area contributed by atoms with Crippen LogP contribution in [0.4, 0.5) is 15.8 Å². The van der Waals surface area contributed by atoms with Crippen molar-refractivity contribution in [2.45, 2.75) is 4.90 Å². The zero-order valence-corrected chi connectivity index (χ0v) is 12.7. The number of nitrogens with zero attached hydrogens (tertiary/aromatic N) is 1. The predicted molar refractivity (Wildman–Crippen MR) is 78.0 cm³/mol. The number of nitro groups is 1. The second kappa shape index (κ2) is 5.78. The van der Waals surface area contributed by atoms with Crippen LogP contribution in [0.1, 0.15) is 0 Å². The number of nitro benzene ring substituents is 1. The molecule has 0 amide bonds. The molecule has 0 unspecified atom stereocenters. The molecule has 0 heterocycles. The average molecular weight is 375 g/mol. The maximum atomic E-state index is 13.6. The first-order valence-electron chi connectivity index (χ1n) is 5.52. The van der Waals surface area contributed by atoms with Gasteiger partial charge < -0.3 is 0 Å². The van der Waals surface area contributed by atoms with Gasteiger partial charge in [-0.25, -0.2) is 12.8 Å². The number of nitrogens with one attached hydrogen (secondary N) is 1. The first-order chi connectivity index (χ1) is 9.79. The van der Waals surface area contributed by atoms with E-state index in [4.69, 9.17) is 0 Å². The molecule has 0 bridgehead atoms. The molecule has 6 nitrogen and oxygen atoms in total. The zero-order valence-electron chi connectivity index (χ0n) is 10.3. The van der Waals surface area contributed by atoms with Crippen molar-refractivity contribution in [3.63, 3.8) is 0 Å². The van der Waals surface area contributed by atoms with Crippen molar-refractivity contribution in [3.8, 4) is 0 Å². The Morgan fingerprint density at radius 3 is 2.52 bits per heavy atom. The second-order valence-electron chi connectivity index (χ2n) is 3.98. The van der Waals surface area contributed by atoms with E-state index in [1.165, 1.54) is 18.2 Å². The standard InChI is InChI=1S/C12H8BrFN2O4S/c13-8-2-1-3-10(6-8)21(19,20)15-12-7-9(16(17)18)4-5-11(12)14/h1-7,15H. The van der Waals surface area contributed by atoms with Gasteiger partial charge in [-0.1, -0.05) is 22.0 Å². The number of halogens is 2. The highest BCUT2D eigenvalue weighted by Gasteiger charge is 2.19. The number of rotatable bonds is 4. The Bertz CT molecular complexity index is 811. The van der Waals surface area contributed by atoms with E-state index in [1.807, 2.05) is 4.72 Å². The molecule has 0 aromatic heterocycles. The number of non-ortho nitro benzene ring substituents is 1. The summed E-state index contributed by atoms with van der Waals surface area (Å²) in [5.41, 5.74) is -0.896. The summed E-state index contributed by atoms with van der Waals surface area (Å²) < 4.78 is 40.4. The van der Waals surface area contributed by atoms with Crippen LogP contribution in [-0.2, 0) is 10.0 Å². The summed E-state index contributed by atoms with van der Waals surface area (Å²) in [6, 6.07) is 8.39. The van der Waals surface area contributed by atoms with Crippen LogP contribution in [0.25, 0.3) is 0 Å². The smallest absolute Gasteiger partial charge is 0.271 e. The molecule has 21 heavy (non-hydrogen) atoms. The summed E-state index contributed by atoms with van der Waals surface area (Å²) in [5, 5.41) is 10.6. The van der Waals surface area contributed by atoms with Gasteiger partial charge in [0.25, 0.3) is 15.7 Å². The third-order valence-corrected chi connectivity index (χ3v) is 4.37. The monoisotopic (exact) mass is 374 g/mol. The highest BCUT2D eigenvalue weighted by molar-refractivity contribution is 9.10. The van der Waals surface area contributed by atoms with Gasteiger partial charge >= 0.3 is 0 Å². The van der Waals surface area contributed by atoms with Crippen LogP contribution in [0.2, 0.25) is 0 Å². The van der Waals surface area contributed by atoms with Gasteiger partial charge in [0.05, 0.1) is 15.5 Å². The molecule has 0 aliphatic carbocycles. The van der Waals surface area contributed by atoms with Crippen molar-refractivity contribution in [1.82, 2.24) is 0 Å². The summed E-state index contributed by atoms with van der Waals surface area (Å²) in [5.74, 6) is -0.904. The van der Waals surface area contributed by atoms with Crippen LogP contribution >= 0.6 is 15.9 Å². The quantitative estimate of drug-likeness (QED) is 0.656. The highest BCUT2D eigenvalue weighted by atomic mass is 79.9. The van der Waals surface area contributed by atoms with E-state index >= 15 is 0 Å². The molecule has 2 aromatic rings. The predicted octanol–water partition coefficient (Wildman–Crippen LogP) is 3.30. The molecule has 1 N–H and O–H groups in total. The number of hydrogen-bond donors (Lipinski definition) is 1. The number of sulfonamides is 1. The van der Waals surface area contributed by atoms with Crippen LogP contribution in [0.5, 0.6) is 0 Å². The molecule has 0 saturated carbocycles. The maximum Gasteiger partial charge on any atom is 0.271 e. The van der Waals surface area contributed by atoms with E-state index in [1.54, 1.807) is 6.07 Å². The molecule has 110 valence electrons. The Morgan fingerprint density at radius 1 is 1.19 bits per heavy atom. The fourth-order valence-electron chi connectivity index (χ4n) is 1.54. The summed E-state index contributed by atoms with van der Waals surface area (Å²) in [4.78, 5) is 9.81. The van der Waals surface area contributed by atoms with Gasteiger partial charge in [0.2, 0.25) is 0 Å². The summed E-state index contributed by atoms with van der Waals surface area (Å²) >= 11 is 3.13. The lowest BCUT2D eigenvalue weighted by molar-refractivity contribution is -0.384. The van der Waals surface area contributed by atoms with E-state index < -0.39 is 32.1 Å². The van der Waals surface area contributed by atoms with Gasteiger partial charge in [-0.2, -0.15) is 0 Å². The number of hydrogen-bond acceptors (Lipinski definition) is 4. The maximum absolute atomic E-state index is 13.6. The van der Waals surface area contributed by atoms with Gasteiger partial charge in [-0.05, 0) is 24.3 Å². The van der Waals surface area contributed by atoms with Crippen molar-refractivity contribution in [1.29, 1.82) is 0 Å². The van der Waals surface area contributed by atoms with Gasteiger partial charge in [0.1, 0.15) is 5.82 Å². The summed E-state index contributed by atoms with van der Waals surface area (Å²) in [6.07, 6.45) is 0. The van der Waals surface area contributed by atoms with Gasteiger partial charge in [0, 0.05) is 16.6 Å². The van der Waals surface area contributed by atoms with Crippen molar-refractivity contribution in [2.75, 3.05) is 4.72 Å². The lowest BCUT2D eigenvalue weighted by Gasteiger charge is -2.09. The average Bonchev–Trinajstić information content (AvgIpc) is 2.41.